The van der Waals surface area contributed by atoms with E-state index in [-0.39, 0.29) is 35.7 Å². The first-order valence-electron chi connectivity index (χ1n) is 7.63. The zero-order chi connectivity index (χ0) is 14.7. The van der Waals surface area contributed by atoms with Gasteiger partial charge in [-0.25, -0.2) is 0 Å². The van der Waals surface area contributed by atoms with Gasteiger partial charge in [0.2, 0.25) is 5.91 Å². The second-order valence-corrected chi connectivity index (χ2v) is 6.73. The molecule has 5 atom stereocenters. The molecule has 0 unspecified atom stereocenters. The van der Waals surface area contributed by atoms with Crippen molar-refractivity contribution in [2.75, 3.05) is 5.32 Å². The monoisotopic (exact) mass is 285 g/mol. The minimum absolute atomic E-state index is 0.0169. The average molecular weight is 285 g/mol. The van der Waals surface area contributed by atoms with Gasteiger partial charge in [0.1, 0.15) is 6.10 Å². The van der Waals surface area contributed by atoms with E-state index >= 15 is 0 Å². The van der Waals surface area contributed by atoms with E-state index in [0.29, 0.717) is 5.92 Å². The van der Waals surface area contributed by atoms with Crippen LogP contribution in [0, 0.1) is 37.5 Å². The molecule has 4 heteroatoms. The summed E-state index contributed by atoms with van der Waals surface area (Å²) in [6, 6.07) is 5.98. The molecule has 0 spiro atoms. The number of anilines is 1. The van der Waals surface area contributed by atoms with Crippen molar-refractivity contribution in [1.29, 1.82) is 0 Å². The van der Waals surface area contributed by atoms with Gasteiger partial charge in [-0.3, -0.25) is 9.59 Å². The van der Waals surface area contributed by atoms with E-state index < -0.39 is 0 Å². The summed E-state index contributed by atoms with van der Waals surface area (Å²) in [5, 5.41) is 3.02. The summed E-state index contributed by atoms with van der Waals surface area (Å²) in [5.74, 6) is -0.0106. The Morgan fingerprint density at radius 3 is 2.86 bits per heavy atom. The maximum Gasteiger partial charge on any atom is 0.310 e. The summed E-state index contributed by atoms with van der Waals surface area (Å²) in [5.41, 5.74) is 3.07. The van der Waals surface area contributed by atoms with Crippen LogP contribution in [0.5, 0.6) is 0 Å². The van der Waals surface area contributed by atoms with Gasteiger partial charge in [0, 0.05) is 11.6 Å². The molecule has 1 saturated heterocycles. The third kappa shape index (κ3) is 1.81. The molecule has 1 aliphatic heterocycles. The first-order valence-corrected chi connectivity index (χ1v) is 7.63. The van der Waals surface area contributed by atoms with Crippen LogP contribution in [0.25, 0.3) is 0 Å². The molecule has 0 aromatic heterocycles. The van der Waals surface area contributed by atoms with Crippen molar-refractivity contribution in [2.45, 2.75) is 32.8 Å². The summed E-state index contributed by atoms with van der Waals surface area (Å²) in [6.45, 7) is 4.02. The van der Waals surface area contributed by atoms with E-state index in [9.17, 15) is 9.59 Å². The van der Waals surface area contributed by atoms with Crippen molar-refractivity contribution in [3.63, 3.8) is 0 Å². The van der Waals surface area contributed by atoms with Crippen LogP contribution in [0.2, 0.25) is 0 Å². The number of fused-ring (bicyclic) bond motifs is 1. The van der Waals surface area contributed by atoms with Gasteiger partial charge < -0.3 is 10.1 Å². The third-order valence-electron chi connectivity index (χ3n) is 5.43. The number of hydrogen-bond donors (Lipinski definition) is 1. The van der Waals surface area contributed by atoms with Crippen molar-refractivity contribution in [1.82, 2.24) is 0 Å². The Hall–Kier alpha value is -1.84. The topological polar surface area (TPSA) is 55.4 Å². The van der Waals surface area contributed by atoms with E-state index in [1.54, 1.807) is 0 Å². The summed E-state index contributed by atoms with van der Waals surface area (Å²) in [7, 11) is 0. The average Bonchev–Trinajstić information content (AvgIpc) is 3.02. The van der Waals surface area contributed by atoms with Gasteiger partial charge in [0.15, 0.2) is 0 Å². The van der Waals surface area contributed by atoms with Crippen LogP contribution in [0.1, 0.15) is 24.0 Å². The SMILES string of the molecule is Cc1ccc(NC(=O)[C@@H]2[C@@H]3C[C@H]4[C@@H]2C(=O)O[C@@H]4C3)c(C)c1. The molecule has 2 saturated carbocycles. The molecular formula is C17H19NO3. The normalized spacial score (nSPS) is 35.9. The van der Waals surface area contributed by atoms with Crippen LogP contribution in [0.15, 0.2) is 18.2 Å². The van der Waals surface area contributed by atoms with E-state index in [4.69, 9.17) is 4.74 Å². The lowest BCUT2D eigenvalue weighted by atomic mass is 9.79. The molecule has 1 aromatic rings. The number of ether oxygens (including phenoxy) is 1. The largest absolute Gasteiger partial charge is 0.462 e. The zero-order valence-corrected chi connectivity index (χ0v) is 12.3. The Bertz CT molecular complexity index is 637. The predicted molar refractivity (Wildman–Crippen MR) is 77.6 cm³/mol. The lowest BCUT2D eigenvalue weighted by Gasteiger charge is -2.24. The van der Waals surface area contributed by atoms with Crippen LogP contribution in [-0.2, 0) is 14.3 Å². The lowest BCUT2D eigenvalue weighted by molar-refractivity contribution is -0.145. The molecule has 2 aliphatic carbocycles. The van der Waals surface area contributed by atoms with Gasteiger partial charge >= 0.3 is 5.97 Å². The Morgan fingerprint density at radius 1 is 1.29 bits per heavy atom. The summed E-state index contributed by atoms with van der Waals surface area (Å²) >= 11 is 0. The molecular weight excluding hydrogens is 266 g/mol. The van der Waals surface area contributed by atoms with Crippen LogP contribution in [0.4, 0.5) is 5.69 Å². The quantitative estimate of drug-likeness (QED) is 0.849. The van der Waals surface area contributed by atoms with Crippen LogP contribution >= 0.6 is 0 Å². The maximum absolute atomic E-state index is 12.7. The van der Waals surface area contributed by atoms with Gasteiger partial charge in [-0.2, -0.15) is 0 Å². The number of esters is 1. The number of carbonyl (C=O) groups is 2. The highest BCUT2D eigenvalue weighted by molar-refractivity contribution is 5.97. The zero-order valence-electron chi connectivity index (χ0n) is 12.3. The molecule has 3 fully saturated rings. The Labute approximate surface area is 123 Å². The summed E-state index contributed by atoms with van der Waals surface area (Å²) in [4.78, 5) is 24.6. The molecule has 2 bridgehead atoms. The second kappa shape index (κ2) is 4.33. The second-order valence-electron chi connectivity index (χ2n) is 6.73. The van der Waals surface area contributed by atoms with E-state index in [1.165, 1.54) is 5.56 Å². The van der Waals surface area contributed by atoms with Crippen LogP contribution in [-0.4, -0.2) is 18.0 Å². The maximum atomic E-state index is 12.7. The fourth-order valence-corrected chi connectivity index (χ4v) is 4.53. The number of nitrogens with one attached hydrogen (secondary N) is 1. The van der Waals surface area contributed by atoms with E-state index in [1.807, 2.05) is 26.0 Å². The smallest absolute Gasteiger partial charge is 0.310 e. The number of carbonyl (C=O) groups excluding carboxylic acids is 2. The molecule has 1 aromatic carbocycles. The molecule has 0 radical (unpaired) electrons. The molecule has 1 amide bonds. The molecule has 4 nitrogen and oxygen atoms in total. The third-order valence-corrected chi connectivity index (χ3v) is 5.43. The van der Waals surface area contributed by atoms with Gasteiger partial charge in [-0.15, -0.1) is 0 Å². The number of amides is 1. The minimum Gasteiger partial charge on any atom is -0.462 e. The fourth-order valence-electron chi connectivity index (χ4n) is 4.53. The van der Waals surface area contributed by atoms with Gasteiger partial charge in [0.05, 0.1) is 11.8 Å². The highest BCUT2D eigenvalue weighted by atomic mass is 16.6. The highest BCUT2D eigenvalue weighted by Crippen LogP contribution is 2.57. The molecule has 3 aliphatic rings. The fraction of sp³-hybridized carbons (Fsp3) is 0.529. The molecule has 1 heterocycles. The summed E-state index contributed by atoms with van der Waals surface area (Å²) < 4.78 is 5.39. The number of hydrogen-bond acceptors (Lipinski definition) is 3. The predicted octanol–water partition coefficient (Wildman–Crippen LogP) is 2.44. The molecule has 1 N–H and O–H groups in total. The number of rotatable bonds is 2. The van der Waals surface area contributed by atoms with Crippen molar-refractivity contribution in [3.05, 3.63) is 29.3 Å². The lowest BCUT2D eigenvalue weighted by Crippen LogP contribution is -2.36. The summed E-state index contributed by atoms with van der Waals surface area (Å²) in [6.07, 6.45) is 1.90. The van der Waals surface area contributed by atoms with Crippen molar-refractivity contribution >= 4 is 17.6 Å². The Balaban J connectivity index is 1.57. The van der Waals surface area contributed by atoms with Crippen LogP contribution in [0.3, 0.4) is 0 Å². The molecule has 21 heavy (non-hydrogen) atoms. The molecule has 4 rings (SSSR count). The van der Waals surface area contributed by atoms with Gasteiger partial charge in [0.25, 0.3) is 0 Å². The standard InChI is InChI=1S/C17H19NO3/c1-8-3-4-12(9(2)5-8)18-16(19)14-10-6-11-13(7-10)21-17(20)15(11)14/h3-5,10-11,13-15H,6-7H2,1-2H3,(H,18,19)/t10-,11-,13-,14-,15+/m1/s1. The van der Waals surface area contributed by atoms with Gasteiger partial charge in [-0.05, 0) is 44.2 Å². The Morgan fingerprint density at radius 2 is 2.10 bits per heavy atom. The van der Waals surface area contributed by atoms with E-state index in [0.717, 1.165) is 24.1 Å². The van der Waals surface area contributed by atoms with Gasteiger partial charge in [-0.1, -0.05) is 17.7 Å². The number of aryl methyl sites for hydroxylation is 2. The number of benzene rings is 1. The highest BCUT2D eigenvalue weighted by Gasteiger charge is 2.63. The van der Waals surface area contributed by atoms with Crippen molar-refractivity contribution < 1.29 is 14.3 Å². The van der Waals surface area contributed by atoms with E-state index in [2.05, 4.69) is 11.4 Å². The first kappa shape index (κ1) is 12.9. The minimum atomic E-state index is -0.209. The van der Waals surface area contributed by atoms with Crippen LogP contribution < -0.4 is 5.32 Å². The van der Waals surface area contributed by atoms with Crippen molar-refractivity contribution in [3.8, 4) is 0 Å². The molecule has 110 valence electrons. The first-order chi connectivity index (χ1) is 10.0. The van der Waals surface area contributed by atoms with Crippen molar-refractivity contribution in [2.24, 2.45) is 23.7 Å². The Kier molecular flexibility index (Phi) is 2.65.